The minimum Gasteiger partial charge on any atom is -0.457 e. The van der Waals surface area contributed by atoms with Crippen molar-refractivity contribution in [1.82, 2.24) is 5.32 Å². The summed E-state index contributed by atoms with van der Waals surface area (Å²) in [6.45, 7) is 13.2. The molecule has 0 spiro atoms. The number of nitrogens with one attached hydrogen (secondary N) is 1. The first-order valence-corrected chi connectivity index (χ1v) is 12.7. The molecule has 0 radical (unpaired) electrons. The topological polar surface area (TPSA) is 58.6 Å². The van der Waals surface area contributed by atoms with E-state index < -0.39 is 0 Å². The molecule has 1 aliphatic carbocycles. The molecule has 1 saturated heterocycles. The van der Waals surface area contributed by atoms with E-state index in [1.54, 1.807) is 24.3 Å². The summed E-state index contributed by atoms with van der Waals surface area (Å²) >= 11 is 0. The Balaban J connectivity index is 0.00000115. The molecular formula is C31H38N2O3. The van der Waals surface area contributed by atoms with Gasteiger partial charge in [0, 0.05) is 11.1 Å². The Labute approximate surface area is 215 Å². The summed E-state index contributed by atoms with van der Waals surface area (Å²) in [5, 5.41) is 3.16. The second-order valence-corrected chi connectivity index (χ2v) is 9.73. The van der Waals surface area contributed by atoms with E-state index in [-0.39, 0.29) is 23.1 Å². The van der Waals surface area contributed by atoms with E-state index in [0.29, 0.717) is 22.6 Å². The number of benzene rings is 2. The van der Waals surface area contributed by atoms with E-state index in [0.717, 1.165) is 25.1 Å². The Morgan fingerprint density at radius 1 is 1.03 bits per heavy atom. The van der Waals surface area contributed by atoms with Crippen LogP contribution in [0.2, 0.25) is 0 Å². The maximum absolute atomic E-state index is 13.1. The number of anilines is 1. The fraction of sp³-hybridized carbons (Fsp3) is 0.355. The fourth-order valence-corrected chi connectivity index (χ4v) is 4.24. The van der Waals surface area contributed by atoms with E-state index in [2.05, 4.69) is 39.6 Å². The molecule has 5 nitrogen and oxygen atoms in total. The molecule has 0 saturated carbocycles. The predicted octanol–water partition coefficient (Wildman–Crippen LogP) is 6.93. The molecule has 4 rings (SSSR count). The molecular weight excluding hydrogens is 448 g/mol. The van der Waals surface area contributed by atoms with Crippen LogP contribution < -0.4 is 15.0 Å². The zero-order valence-electron chi connectivity index (χ0n) is 22.1. The van der Waals surface area contributed by atoms with Crippen LogP contribution in [0, 0.1) is 5.41 Å². The lowest BCUT2D eigenvalue weighted by atomic mass is 9.77. The summed E-state index contributed by atoms with van der Waals surface area (Å²) in [5.41, 5.74) is 2.60. The van der Waals surface area contributed by atoms with Gasteiger partial charge in [0.05, 0.1) is 5.69 Å². The highest BCUT2D eigenvalue weighted by atomic mass is 16.5. The number of hydrogen-bond donors (Lipinski definition) is 1. The lowest BCUT2D eigenvalue weighted by Gasteiger charge is -2.28. The quantitative estimate of drug-likeness (QED) is 0.325. The van der Waals surface area contributed by atoms with Crippen molar-refractivity contribution in [2.75, 3.05) is 18.5 Å². The van der Waals surface area contributed by atoms with Crippen molar-refractivity contribution in [3.05, 3.63) is 90.0 Å². The summed E-state index contributed by atoms with van der Waals surface area (Å²) in [6, 6.07) is 14.9. The first kappa shape index (κ1) is 27.2. The summed E-state index contributed by atoms with van der Waals surface area (Å²) in [5.74, 6) is 1.12. The van der Waals surface area contributed by atoms with Gasteiger partial charge in [-0.2, -0.15) is 0 Å². The maximum Gasteiger partial charge on any atom is 0.265 e. The monoisotopic (exact) mass is 486 g/mol. The van der Waals surface area contributed by atoms with Crippen molar-refractivity contribution >= 4 is 17.5 Å². The van der Waals surface area contributed by atoms with Crippen LogP contribution in [0.1, 0.15) is 58.4 Å². The highest BCUT2D eigenvalue weighted by Crippen LogP contribution is 2.41. The van der Waals surface area contributed by atoms with Crippen molar-refractivity contribution in [3.63, 3.8) is 0 Å². The standard InChI is InChI=1S/C28H30N2O3.C3H8/c1-5-19(2)20-6-10-22(11-7-20)33-23-12-8-21(9-13-23)30-26(31)24-14-15-28(3,16-17-29-4)18-25(24)27(30)32;1-3-2/h5-14,18-19,29H,1,15-17H2,2-4H3;3H2,1-2H3. The van der Waals surface area contributed by atoms with E-state index >= 15 is 0 Å². The molecule has 2 unspecified atom stereocenters. The Morgan fingerprint density at radius 2 is 1.58 bits per heavy atom. The van der Waals surface area contributed by atoms with Gasteiger partial charge in [-0.25, -0.2) is 4.90 Å². The van der Waals surface area contributed by atoms with Crippen molar-refractivity contribution in [3.8, 4) is 11.5 Å². The second kappa shape index (κ2) is 12.0. The van der Waals surface area contributed by atoms with Gasteiger partial charge in [0.25, 0.3) is 11.8 Å². The van der Waals surface area contributed by atoms with Gasteiger partial charge in [-0.3, -0.25) is 9.59 Å². The molecule has 0 aromatic heterocycles. The number of carbonyl (C=O) groups is 2. The molecule has 2 atom stereocenters. The first-order valence-electron chi connectivity index (χ1n) is 12.7. The van der Waals surface area contributed by atoms with Crippen molar-refractivity contribution in [2.45, 2.75) is 52.9 Å². The van der Waals surface area contributed by atoms with Gasteiger partial charge in [0.15, 0.2) is 0 Å². The molecule has 2 aromatic rings. The number of nitrogens with zero attached hydrogens (tertiary/aromatic N) is 1. The largest absolute Gasteiger partial charge is 0.457 e. The number of carbonyl (C=O) groups excluding carboxylic acids is 2. The minimum atomic E-state index is -0.262. The van der Waals surface area contributed by atoms with Gasteiger partial charge in [-0.05, 0) is 79.7 Å². The third kappa shape index (κ3) is 6.03. The summed E-state index contributed by atoms with van der Waals surface area (Å²) in [6.07, 6.45) is 8.70. The average Bonchev–Trinajstić information content (AvgIpc) is 3.12. The lowest BCUT2D eigenvalue weighted by Crippen LogP contribution is -2.29. The molecule has 36 heavy (non-hydrogen) atoms. The molecule has 1 heterocycles. The summed E-state index contributed by atoms with van der Waals surface area (Å²) in [7, 11) is 1.92. The number of hydrogen-bond acceptors (Lipinski definition) is 4. The number of amides is 2. The van der Waals surface area contributed by atoms with E-state index in [1.807, 2.05) is 49.5 Å². The van der Waals surface area contributed by atoms with E-state index in [4.69, 9.17) is 4.74 Å². The van der Waals surface area contributed by atoms with Crippen LogP contribution in [-0.4, -0.2) is 25.4 Å². The molecule has 1 aliphatic heterocycles. The fourth-order valence-electron chi connectivity index (χ4n) is 4.24. The van der Waals surface area contributed by atoms with Gasteiger partial charge in [0.2, 0.25) is 0 Å². The Kier molecular flexibility index (Phi) is 9.05. The minimum absolute atomic E-state index is 0.134. The number of ether oxygens (including phenoxy) is 1. The zero-order chi connectivity index (χ0) is 26.3. The Morgan fingerprint density at radius 3 is 2.14 bits per heavy atom. The highest BCUT2D eigenvalue weighted by Gasteiger charge is 2.43. The molecule has 1 fully saturated rings. The maximum atomic E-state index is 13.1. The third-order valence-corrected chi connectivity index (χ3v) is 6.46. The molecule has 190 valence electrons. The van der Waals surface area contributed by atoms with E-state index in [9.17, 15) is 9.59 Å². The second-order valence-electron chi connectivity index (χ2n) is 9.73. The van der Waals surface area contributed by atoms with Crippen LogP contribution in [0.5, 0.6) is 11.5 Å². The molecule has 2 aromatic carbocycles. The van der Waals surface area contributed by atoms with Crippen molar-refractivity contribution in [2.24, 2.45) is 5.41 Å². The van der Waals surface area contributed by atoms with Gasteiger partial charge in [0.1, 0.15) is 11.5 Å². The van der Waals surface area contributed by atoms with Gasteiger partial charge >= 0.3 is 0 Å². The van der Waals surface area contributed by atoms with Gasteiger partial charge in [-0.15, -0.1) is 6.58 Å². The number of fused-ring (bicyclic) bond motifs is 1. The summed E-state index contributed by atoms with van der Waals surface area (Å²) < 4.78 is 5.93. The van der Waals surface area contributed by atoms with Crippen LogP contribution >= 0.6 is 0 Å². The molecule has 5 heteroatoms. The normalized spacial score (nSPS) is 19.5. The van der Waals surface area contributed by atoms with Crippen molar-refractivity contribution in [1.29, 1.82) is 0 Å². The van der Waals surface area contributed by atoms with Gasteiger partial charge < -0.3 is 10.1 Å². The van der Waals surface area contributed by atoms with Crippen LogP contribution in [0.3, 0.4) is 0 Å². The SMILES string of the molecule is C=CC(C)c1ccc(Oc2ccc(N3C(=O)C4=CCC(C)(CCNC)C=C4C3=O)cc2)cc1.CCC. The smallest absolute Gasteiger partial charge is 0.265 e. The highest BCUT2D eigenvalue weighted by molar-refractivity contribution is 6.37. The summed E-state index contributed by atoms with van der Waals surface area (Å²) in [4.78, 5) is 27.4. The lowest BCUT2D eigenvalue weighted by molar-refractivity contribution is -0.119. The van der Waals surface area contributed by atoms with Gasteiger partial charge in [-0.1, -0.05) is 64.5 Å². The first-order chi connectivity index (χ1) is 17.3. The molecule has 2 amide bonds. The number of rotatable bonds is 8. The third-order valence-electron chi connectivity index (χ3n) is 6.46. The van der Waals surface area contributed by atoms with Crippen LogP contribution in [-0.2, 0) is 9.59 Å². The predicted molar refractivity (Wildman–Crippen MR) is 147 cm³/mol. The number of allylic oxidation sites excluding steroid dienone is 3. The van der Waals surface area contributed by atoms with Crippen LogP contribution in [0.25, 0.3) is 0 Å². The molecule has 1 N–H and O–H groups in total. The average molecular weight is 487 g/mol. The Bertz CT molecular complexity index is 1150. The Hall–Kier alpha value is -3.44. The van der Waals surface area contributed by atoms with E-state index in [1.165, 1.54) is 16.9 Å². The number of imide groups is 1. The zero-order valence-corrected chi connectivity index (χ0v) is 22.1. The molecule has 2 aliphatic rings. The van der Waals surface area contributed by atoms with Crippen LogP contribution in [0.15, 0.2) is 84.5 Å². The van der Waals surface area contributed by atoms with Crippen molar-refractivity contribution < 1.29 is 14.3 Å². The van der Waals surface area contributed by atoms with Crippen LogP contribution in [0.4, 0.5) is 5.69 Å². The molecule has 0 bridgehead atoms.